The third-order valence-electron chi connectivity index (χ3n) is 25.3. The van der Waals surface area contributed by atoms with Crippen LogP contribution >= 0.6 is 0 Å². The summed E-state index contributed by atoms with van der Waals surface area (Å²) in [5, 5.41) is 0. The highest BCUT2D eigenvalue weighted by Crippen LogP contribution is 2.45. The molecule has 0 aliphatic carbocycles. The van der Waals surface area contributed by atoms with Crippen molar-refractivity contribution in [1.82, 2.24) is 0 Å². The van der Waals surface area contributed by atoms with Gasteiger partial charge in [-0.1, -0.05) is 178 Å². The molecule has 0 radical (unpaired) electrons. The fraction of sp³-hybridized carbons (Fsp3) is 0.750. The summed E-state index contributed by atoms with van der Waals surface area (Å²) in [6.07, 6.45) is -10.0. The minimum atomic E-state index is -1.42. The van der Waals surface area contributed by atoms with Crippen molar-refractivity contribution in [2.45, 2.75) is 353 Å². The maximum atomic E-state index is 7.71. The zero-order chi connectivity index (χ0) is 106. The Bertz CT molecular complexity index is 2960. The maximum Gasteiger partial charge on any atom is 0.187 e. The summed E-state index contributed by atoms with van der Waals surface area (Å²) in [6, 6.07) is 0. The molecule has 0 aromatic carbocycles. The molecule has 35 nitrogen and oxygen atoms in total. The van der Waals surface area contributed by atoms with Crippen LogP contribution in [-0.2, 0) is 166 Å². The summed E-state index contributed by atoms with van der Waals surface area (Å²) in [5.41, 5.74) is 0. The van der Waals surface area contributed by atoms with E-state index in [1.165, 1.54) is 0 Å². The number of rotatable bonds is 77. The Morgan fingerprint density at radius 1 is 0.150 bits per heavy atom. The SMILES string of the molecule is C=CCO[C@@H]1[C@@H](OCC=C)[C@H]2O[C@H]3[C@H](OCC=C)[C@@H](OCC=C)[C@@H](O[C@H]4[C@H](OCC=C)[C@@H](OCC=C)[C@@H](O[C@H]5[C@H](OCC=C)[C@@H](OCC=C)[C@@H](O[C@H]6[C@H](OCC=C)[C@@H](OCC=C)[C@@H](O[C@H]7[C@H](OCC=C)[C@@H](OCC=C)[C@@H](O[C@H]8[C@H](OCC=C)[C@@H](OCC=C)[C@@H](O[C@@H]1[C@@H](COCCCC)O2)O[C@@H]8COCCCC)O[C@@H]7COCCCC)O[C@@H]6COCCCC)O[C@@H]5COCCCC)O[C@@H]4COCCCC)O[C@@H]3COCCCC. The number of hydrogen-bond acceptors (Lipinski definition) is 35. The Kier molecular flexibility index (Phi) is 65.5. The van der Waals surface area contributed by atoms with E-state index in [1.54, 1.807) is 85.1 Å². The first-order chi connectivity index (χ1) is 72.2. The quantitative estimate of drug-likeness (QED) is 0.0403. The van der Waals surface area contributed by atoms with Crippen molar-refractivity contribution in [2.75, 3.05) is 185 Å². The van der Waals surface area contributed by atoms with E-state index in [2.05, 4.69) is 141 Å². The van der Waals surface area contributed by atoms with Gasteiger partial charge in [0.15, 0.2) is 44.0 Å². The van der Waals surface area contributed by atoms with Crippen molar-refractivity contribution >= 4 is 0 Å². The summed E-state index contributed by atoms with van der Waals surface area (Å²) in [4.78, 5) is 0. The van der Waals surface area contributed by atoms with Gasteiger partial charge in [0.2, 0.25) is 0 Å². The molecule has 147 heavy (non-hydrogen) atoms. The largest absolute Gasteiger partial charge is 0.379 e. The van der Waals surface area contributed by atoms with Crippen LogP contribution in [0, 0.1) is 0 Å². The van der Waals surface area contributed by atoms with Crippen molar-refractivity contribution in [3.8, 4) is 0 Å². The standard InChI is InChI=1S/C112H182O35/c1-22-43-64-113-71-78-85-92(120-50-29-8)99(127-57-36-15)106(134-78)142-86-79(72-114-65-44-23-2)136-108(101(129-59-38-17)93(86)121-51-30-9)144-88-81(74-116-67-46-25-4)138-110(103(131-61-40-19)95(88)123-53-32-11)146-90-83(76-118-69-48-27-6)140-112(105(133-63-42-21)97(90)125-55-34-13)147-91-84(77-119-70-49-28-7)139-111(104(132-62-41-20)98(91)126-56-35-14)145-89-82(75-117-68-47-26-5)137-109(102(130-60-39-18)96(89)124-54-33-12)143-87-80(73-115-66-45-24-3)135-107(141-85)100(128-58-37-16)94(87)122-52-31-10/h29-42,78-112H,8-28,43-77H2,1-7H3/t78-,79-,80-,81-,82-,83-,84-,85-,86-,87-,88-,89-,90-,91-,92+,93+,94+,95+,96+,97+,98+,99-,100-,101-,102-,103-,104-,105-,106-,107-,108-,109-,110-,111-,112-/m1/s1. The van der Waals surface area contributed by atoms with Crippen molar-refractivity contribution in [3.63, 3.8) is 0 Å². The predicted octanol–water partition coefficient (Wildman–Crippen LogP) is 14.5. The minimum absolute atomic E-state index is 0.0520. The lowest BCUT2D eigenvalue weighted by atomic mass is 9.94. The second-order valence-electron chi connectivity index (χ2n) is 36.7. The lowest BCUT2D eigenvalue weighted by molar-refractivity contribution is -0.406. The van der Waals surface area contributed by atoms with Crippen molar-refractivity contribution in [3.05, 3.63) is 177 Å². The Labute approximate surface area is 877 Å². The van der Waals surface area contributed by atoms with Gasteiger partial charge in [0.25, 0.3) is 0 Å². The van der Waals surface area contributed by atoms with Crippen LogP contribution < -0.4 is 0 Å². The second-order valence-corrected chi connectivity index (χ2v) is 36.7. The molecule has 0 unspecified atom stereocenters. The van der Waals surface area contributed by atoms with Crippen LogP contribution in [0.2, 0.25) is 0 Å². The van der Waals surface area contributed by atoms with E-state index >= 15 is 0 Å². The Hall–Kier alpha value is -5.04. The molecule has 840 valence electrons. The summed E-state index contributed by atoms with van der Waals surface area (Å²) in [5.74, 6) is 0. The van der Waals surface area contributed by atoms with Crippen LogP contribution in [0.3, 0.4) is 0 Å². The molecular formula is C112H182O35. The molecule has 21 aliphatic rings. The third-order valence-corrected chi connectivity index (χ3v) is 25.3. The molecule has 35 heteroatoms. The molecule has 21 aliphatic heterocycles. The van der Waals surface area contributed by atoms with Crippen molar-refractivity contribution < 1.29 is 166 Å². The highest BCUT2D eigenvalue weighted by atomic mass is 16.8. The lowest BCUT2D eigenvalue weighted by Crippen LogP contribution is -2.70. The zero-order valence-electron chi connectivity index (χ0n) is 89.2. The average molecular weight is 2090 g/mol. The van der Waals surface area contributed by atoms with Gasteiger partial charge in [0.05, 0.1) is 139 Å². The first-order valence-corrected chi connectivity index (χ1v) is 53.6. The van der Waals surface area contributed by atoms with E-state index < -0.39 is 215 Å². The highest BCUT2D eigenvalue weighted by molar-refractivity contribution is 5.07. The molecule has 21 saturated heterocycles. The normalized spacial score (nSPS) is 34.2. The Morgan fingerprint density at radius 3 is 0.347 bits per heavy atom. The van der Waals surface area contributed by atoms with Crippen molar-refractivity contribution in [1.29, 1.82) is 0 Å². The first kappa shape index (κ1) is 127. The monoisotopic (exact) mass is 2090 g/mol. The molecule has 0 N–H and O–H groups in total. The van der Waals surface area contributed by atoms with E-state index in [0.717, 1.165) is 44.9 Å². The van der Waals surface area contributed by atoms with Crippen LogP contribution in [0.25, 0.3) is 0 Å². The van der Waals surface area contributed by atoms with Crippen LogP contribution in [0.15, 0.2) is 177 Å². The molecule has 21 heterocycles. The molecule has 0 spiro atoms. The summed E-state index contributed by atoms with van der Waals surface area (Å²) >= 11 is 0. The van der Waals surface area contributed by atoms with E-state index in [9.17, 15) is 0 Å². The molecule has 0 saturated carbocycles. The van der Waals surface area contributed by atoms with Crippen LogP contribution in [-0.4, -0.2) is 400 Å². The Balaban J connectivity index is 1.50. The average Bonchev–Trinajstić information content (AvgIpc) is 1.07. The van der Waals surface area contributed by atoms with Crippen LogP contribution in [0.1, 0.15) is 138 Å². The summed E-state index contributed by atoms with van der Waals surface area (Å²) in [7, 11) is 0. The summed E-state index contributed by atoms with van der Waals surface area (Å²) < 4.78 is 253. The fourth-order valence-electron chi connectivity index (χ4n) is 18.3. The summed E-state index contributed by atoms with van der Waals surface area (Å²) in [6.45, 7) is 73.3. The van der Waals surface area contributed by atoms with Gasteiger partial charge in [-0.2, -0.15) is 0 Å². The van der Waals surface area contributed by atoms with Gasteiger partial charge >= 0.3 is 0 Å². The molecule has 0 aromatic heterocycles. The predicted molar refractivity (Wildman–Crippen MR) is 554 cm³/mol. The molecule has 14 bridgehead atoms. The van der Waals surface area contributed by atoms with Crippen LogP contribution in [0.5, 0.6) is 0 Å². The second kappa shape index (κ2) is 75.7. The molecule has 21 fully saturated rings. The van der Waals surface area contributed by atoms with Gasteiger partial charge in [-0.25, -0.2) is 0 Å². The van der Waals surface area contributed by atoms with Gasteiger partial charge in [0, 0.05) is 46.2 Å². The molecule has 21 rings (SSSR count). The minimum Gasteiger partial charge on any atom is -0.379 e. The Morgan fingerprint density at radius 2 is 0.252 bits per heavy atom. The molecular weight excluding hydrogens is 1910 g/mol. The van der Waals surface area contributed by atoms with E-state index in [-0.39, 0.29) is 139 Å². The zero-order valence-corrected chi connectivity index (χ0v) is 89.2. The first-order valence-electron chi connectivity index (χ1n) is 53.6. The van der Waals surface area contributed by atoms with E-state index in [1.807, 2.05) is 0 Å². The highest BCUT2D eigenvalue weighted by Gasteiger charge is 2.64. The fourth-order valence-corrected chi connectivity index (χ4v) is 18.3. The van der Waals surface area contributed by atoms with Gasteiger partial charge in [-0.05, 0) is 44.9 Å². The topological polar surface area (TPSA) is 323 Å². The van der Waals surface area contributed by atoms with E-state index in [0.29, 0.717) is 91.2 Å². The number of unbranched alkanes of at least 4 members (excludes halogenated alkanes) is 7. The van der Waals surface area contributed by atoms with Gasteiger partial charge in [-0.3, -0.25) is 0 Å². The maximum absolute atomic E-state index is 7.71. The van der Waals surface area contributed by atoms with Gasteiger partial charge in [-0.15, -0.1) is 92.1 Å². The van der Waals surface area contributed by atoms with Gasteiger partial charge in [0.1, 0.15) is 171 Å². The van der Waals surface area contributed by atoms with Crippen LogP contribution in [0.4, 0.5) is 0 Å². The molecule has 0 amide bonds. The lowest BCUT2D eigenvalue weighted by Gasteiger charge is -2.53. The third kappa shape index (κ3) is 40.0. The molecule has 0 aromatic rings. The molecule has 35 atom stereocenters. The van der Waals surface area contributed by atoms with Crippen molar-refractivity contribution in [2.24, 2.45) is 0 Å². The number of hydrogen-bond donors (Lipinski definition) is 0. The van der Waals surface area contributed by atoms with Gasteiger partial charge < -0.3 is 166 Å². The number of ether oxygens (including phenoxy) is 35. The van der Waals surface area contributed by atoms with E-state index in [4.69, 9.17) is 166 Å². The smallest absolute Gasteiger partial charge is 0.187 e.